The zero-order valence-corrected chi connectivity index (χ0v) is 12.7. The molecule has 120 valence electrons. The van der Waals surface area contributed by atoms with Crippen LogP contribution >= 0.6 is 0 Å². The van der Waals surface area contributed by atoms with Crippen LogP contribution in [0.15, 0.2) is 18.2 Å². The smallest absolute Gasteiger partial charge is 0.251 e. The number of carbonyl (C=O) groups is 1. The lowest BCUT2D eigenvalue weighted by atomic mass is 10.0. The molecule has 3 rings (SSSR count). The Balaban J connectivity index is 1.52. The molecule has 0 bridgehead atoms. The van der Waals surface area contributed by atoms with Crippen LogP contribution in [0.3, 0.4) is 0 Å². The Bertz CT molecular complexity index is 515. The van der Waals surface area contributed by atoms with Crippen molar-refractivity contribution in [3.63, 3.8) is 0 Å². The largest absolute Gasteiger partial charge is 0.349 e. The van der Waals surface area contributed by atoms with E-state index in [0.29, 0.717) is 6.04 Å². The van der Waals surface area contributed by atoms with Gasteiger partial charge in [0.15, 0.2) is 0 Å². The summed E-state index contributed by atoms with van der Waals surface area (Å²) < 4.78 is 26.3. The fourth-order valence-electron chi connectivity index (χ4n) is 3.63. The molecular formula is C17H22F2N2O. The minimum atomic E-state index is -0.721. The lowest BCUT2D eigenvalue weighted by molar-refractivity contribution is 0.0891. The van der Waals surface area contributed by atoms with E-state index in [1.54, 1.807) is 0 Å². The van der Waals surface area contributed by atoms with Crippen molar-refractivity contribution in [1.29, 1.82) is 0 Å². The van der Waals surface area contributed by atoms with E-state index >= 15 is 0 Å². The summed E-state index contributed by atoms with van der Waals surface area (Å²) in [6.07, 6.45) is 7.04. The molecular weight excluding hydrogens is 286 g/mol. The summed E-state index contributed by atoms with van der Waals surface area (Å²) in [5, 5.41) is 2.90. The maximum atomic E-state index is 13.2. The van der Waals surface area contributed by atoms with Gasteiger partial charge in [-0.3, -0.25) is 4.79 Å². The summed E-state index contributed by atoms with van der Waals surface area (Å²) in [5.74, 6) is -1.83. The summed E-state index contributed by atoms with van der Waals surface area (Å²) in [5.41, 5.74) is 0.0516. The van der Waals surface area contributed by atoms with Crippen LogP contribution in [0.1, 0.15) is 48.9 Å². The molecule has 5 heteroatoms. The second-order valence-electron chi connectivity index (χ2n) is 6.38. The van der Waals surface area contributed by atoms with Crippen LogP contribution in [0.25, 0.3) is 0 Å². The van der Waals surface area contributed by atoms with Gasteiger partial charge in [-0.25, -0.2) is 8.78 Å². The molecule has 1 heterocycles. The predicted molar refractivity (Wildman–Crippen MR) is 80.7 cm³/mol. The summed E-state index contributed by atoms with van der Waals surface area (Å²) in [6, 6.07) is 3.74. The van der Waals surface area contributed by atoms with Crippen LogP contribution in [-0.2, 0) is 0 Å². The average molecular weight is 308 g/mol. The third-order valence-corrected chi connectivity index (χ3v) is 4.83. The number of hydrogen-bond acceptors (Lipinski definition) is 2. The van der Waals surface area contributed by atoms with E-state index in [2.05, 4.69) is 10.2 Å². The molecule has 0 spiro atoms. The van der Waals surface area contributed by atoms with E-state index in [-0.39, 0.29) is 11.6 Å². The molecule has 0 unspecified atom stereocenters. The van der Waals surface area contributed by atoms with E-state index in [1.165, 1.54) is 25.7 Å². The first kappa shape index (κ1) is 15.4. The number of hydrogen-bond donors (Lipinski definition) is 1. The zero-order valence-electron chi connectivity index (χ0n) is 12.7. The quantitative estimate of drug-likeness (QED) is 0.930. The van der Waals surface area contributed by atoms with Crippen molar-refractivity contribution in [2.24, 2.45) is 0 Å². The van der Waals surface area contributed by atoms with Crippen LogP contribution in [0.2, 0.25) is 0 Å². The van der Waals surface area contributed by atoms with Gasteiger partial charge in [0.25, 0.3) is 5.91 Å². The fourth-order valence-corrected chi connectivity index (χ4v) is 3.63. The highest BCUT2D eigenvalue weighted by atomic mass is 19.1. The monoisotopic (exact) mass is 308 g/mol. The van der Waals surface area contributed by atoms with Gasteiger partial charge in [-0.05, 0) is 37.8 Å². The fraction of sp³-hybridized carbons (Fsp3) is 0.588. The third-order valence-electron chi connectivity index (χ3n) is 4.83. The van der Waals surface area contributed by atoms with Gasteiger partial charge in [-0.15, -0.1) is 0 Å². The third kappa shape index (κ3) is 3.64. The van der Waals surface area contributed by atoms with Gasteiger partial charge in [0, 0.05) is 36.8 Å². The molecule has 1 aromatic carbocycles. The predicted octanol–water partition coefficient (Wildman–Crippen LogP) is 3.10. The van der Waals surface area contributed by atoms with Crippen LogP contribution in [0.4, 0.5) is 8.78 Å². The van der Waals surface area contributed by atoms with Gasteiger partial charge in [0.1, 0.15) is 11.6 Å². The Kier molecular flexibility index (Phi) is 4.71. The first-order chi connectivity index (χ1) is 10.6. The van der Waals surface area contributed by atoms with E-state index in [4.69, 9.17) is 0 Å². The summed E-state index contributed by atoms with van der Waals surface area (Å²) >= 11 is 0. The molecule has 1 saturated heterocycles. The maximum Gasteiger partial charge on any atom is 0.251 e. The van der Waals surface area contributed by atoms with Gasteiger partial charge in [-0.1, -0.05) is 12.8 Å². The Morgan fingerprint density at radius 3 is 2.18 bits per heavy atom. The van der Waals surface area contributed by atoms with Crippen molar-refractivity contribution in [3.05, 3.63) is 35.4 Å². The molecule has 2 fully saturated rings. The van der Waals surface area contributed by atoms with Crippen LogP contribution in [0.5, 0.6) is 0 Å². The maximum absolute atomic E-state index is 13.2. The Labute approximate surface area is 129 Å². The molecule has 0 atom stereocenters. The standard InChI is InChI=1S/C17H22F2N2O/c18-13-9-12(10-14(19)11-13)17(22)20-15-5-7-21(8-6-15)16-3-1-2-4-16/h9-11,15-16H,1-8H2,(H,20,22). The lowest BCUT2D eigenvalue weighted by Crippen LogP contribution is -2.47. The second kappa shape index (κ2) is 6.73. The van der Waals surface area contributed by atoms with Crippen molar-refractivity contribution in [2.45, 2.75) is 50.6 Å². The molecule has 0 aromatic heterocycles. The Morgan fingerprint density at radius 1 is 1.00 bits per heavy atom. The molecule has 1 aromatic rings. The Morgan fingerprint density at radius 2 is 1.59 bits per heavy atom. The first-order valence-electron chi connectivity index (χ1n) is 8.13. The molecule has 1 amide bonds. The van der Waals surface area contributed by atoms with E-state index in [1.807, 2.05) is 0 Å². The number of halogens is 2. The molecule has 22 heavy (non-hydrogen) atoms. The lowest BCUT2D eigenvalue weighted by Gasteiger charge is -2.36. The highest BCUT2D eigenvalue weighted by Gasteiger charge is 2.27. The molecule has 1 N–H and O–H groups in total. The number of amides is 1. The second-order valence-corrected chi connectivity index (χ2v) is 6.38. The average Bonchev–Trinajstić information content (AvgIpc) is 3.01. The van der Waals surface area contributed by atoms with E-state index < -0.39 is 17.5 Å². The molecule has 0 radical (unpaired) electrons. The molecule has 1 saturated carbocycles. The summed E-state index contributed by atoms with van der Waals surface area (Å²) in [6.45, 7) is 1.99. The van der Waals surface area contributed by atoms with Crippen LogP contribution < -0.4 is 5.32 Å². The number of benzene rings is 1. The van der Waals surface area contributed by atoms with E-state index in [0.717, 1.165) is 44.1 Å². The number of likely N-dealkylation sites (tertiary alicyclic amines) is 1. The first-order valence-corrected chi connectivity index (χ1v) is 8.13. The summed E-state index contributed by atoms with van der Waals surface area (Å²) in [4.78, 5) is 14.6. The van der Waals surface area contributed by atoms with Crippen molar-refractivity contribution in [1.82, 2.24) is 10.2 Å². The Hall–Kier alpha value is -1.49. The molecule has 3 nitrogen and oxygen atoms in total. The van der Waals surface area contributed by atoms with E-state index in [9.17, 15) is 13.6 Å². The highest BCUT2D eigenvalue weighted by Crippen LogP contribution is 2.26. The number of nitrogens with one attached hydrogen (secondary N) is 1. The van der Waals surface area contributed by atoms with Gasteiger partial charge in [0.2, 0.25) is 0 Å². The van der Waals surface area contributed by atoms with Crippen molar-refractivity contribution >= 4 is 5.91 Å². The van der Waals surface area contributed by atoms with Crippen molar-refractivity contribution in [2.75, 3.05) is 13.1 Å². The van der Waals surface area contributed by atoms with Gasteiger partial charge < -0.3 is 10.2 Å². The molecule has 1 aliphatic carbocycles. The van der Waals surface area contributed by atoms with Crippen molar-refractivity contribution < 1.29 is 13.6 Å². The normalized spacial score (nSPS) is 21.2. The number of nitrogens with zero attached hydrogens (tertiary/aromatic N) is 1. The van der Waals surface area contributed by atoms with Gasteiger partial charge in [-0.2, -0.15) is 0 Å². The van der Waals surface area contributed by atoms with Gasteiger partial charge in [0.05, 0.1) is 0 Å². The van der Waals surface area contributed by atoms with Crippen molar-refractivity contribution in [3.8, 4) is 0 Å². The molecule has 1 aliphatic heterocycles. The van der Waals surface area contributed by atoms with Crippen LogP contribution in [-0.4, -0.2) is 36.0 Å². The summed E-state index contributed by atoms with van der Waals surface area (Å²) in [7, 11) is 0. The SMILES string of the molecule is O=C(NC1CCN(C2CCCC2)CC1)c1cc(F)cc(F)c1. The number of piperidine rings is 1. The minimum Gasteiger partial charge on any atom is -0.349 e. The van der Waals surface area contributed by atoms with Gasteiger partial charge >= 0.3 is 0 Å². The molecule has 2 aliphatic rings. The number of carbonyl (C=O) groups excluding carboxylic acids is 1. The zero-order chi connectivity index (χ0) is 15.5. The topological polar surface area (TPSA) is 32.3 Å². The number of rotatable bonds is 3. The highest BCUT2D eigenvalue weighted by molar-refractivity contribution is 5.94. The van der Waals surface area contributed by atoms with Crippen LogP contribution in [0, 0.1) is 11.6 Å². The minimum absolute atomic E-state index is 0.0516.